The first-order valence-corrected chi connectivity index (χ1v) is 5.43. The molecule has 0 saturated heterocycles. The van der Waals surface area contributed by atoms with E-state index in [4.69, 9.17) is 5.11 Å². The summed E-state index contributed by atoms with van der Waals surface area (Å²) in [5.41, 5.74) is 2.38. The molecule has 2 aromatic rings. The van der Waals surface area contributed by atoms with Gasteiger partial charge in [0.2, 0.25) is 0 Å². The van der Waals surface area contributed by atoms with Gasteiger partial charge in [-0.2, -0.15) is 0 Å². The molecule has 0 heterocycles. The predicted molar refractivity (Wildman–Crippen MR) is 66.6 cm³/mol. The van der Waals surface area contributed by atoms with Gasteiger partial charge in [-0.3, -0.25) is 0 Å². The van der Waals surface area contributed by atoms with Gasteiger partial charge in [0.15, 0.2) is 0 Å². The van der Waals surface area contributed by atoms with E-state index in [1.165, 1.54) is 6.07 Å². The van der Waals surface area contributed by atoms with E-state index in [1.807, 2.05) is 13.0 Å². The number of aryl methyl sites for hydroxylation is 1. The highest BCUT2D eigenvalue weighted by Gasteiger charge is 2.01. The molecule has 2 rings (SSSR count). The highest BCUT2D eigenvalue weighted by Crippen LogP contribution is 2.17. The van der Waals surface area contributed by atoms with Crippen LogP contribution in [-0.4, -0.2) is 5.11 Å². The average molecular weight is 231 g/mol. The van der Waals surface area contributed by atoms with Crippen LogP contribution in [0.4, 0.5) is 10.1 Å². The SMILES string of the molecule is Cc1ccc(NCc2ccc(O)cc2)c(F)c1. The number of anilines is 1. The fraction of sp³-hybridized carbons (Fsp3) is 0.143. The number of rotatable bonds is 3. The Balaban J connectivity index is 2.04. The van der Waals surface area contributed by atoms with Crippen molar-refractivity contribution < 1.29 is 9.50 Å². The zero-order chi connectivity index (χ0) is 12.3. The van der Waals surface area contributed by atoms with Gasteiger partial charge in [-0.1, -0.05) is 18.2 Å². The Bertz CT molecular complexity index is 508. The van der Waals surface area contributed by atoms with Gasteiger partial charge in [0, 0.05) is 6.54 Å². The van der Waals surface area contributed by atoms with Crippen LogP contribution in [-0.2, 0) is 6.54 Å². The first-order valence-electron chi connectivity index (χ1n) is 5.43. The van der Waals surface area contributed by atoms with Gasteiger partial charge < -0.3 is 10.4 Å². The molecular weight excluding hydrogens is 217 g/mol. The molecule has 0 aliphatic carbocycles. The fourth-order valence-corrected chi connectivity index (χ4v) is 1.57. The number of hydrogen-bond donors (Lipinski definition) is 2. The van der Waals surface area contributed by atoms with E-state index in [9.17, 15) is 4.39 Å². The third-order valence-corrected chi connectivity index (χ3v) is 2.54. The molecule has 0 saturated carbocycles. The summed E-state index contributed by atoms with van der Waals surface area (Å²) in [6, 6.07) is 11.9. The summed E-state index contributed by atoms with van der Waals surface area (Å²) in [6.07, 6.45) is 0. The third kappa shape index (κ3) is 2.97. The Morgan fingerprint density at radius 2 is 1.82 bits per heavy atom. The quantitative estimate of drug-likeness (QED) is 0.848. The summed E-state index contributed by atoms with van der Waals surface area (Å²) in [6.45, 7) is 2.38. The van der Waals surface area contributed by atoms with Crippen LogP contribution in [0.3, 0.4) is 0 Å². The predicted octanol–water partition coefficient (Wildman–Crippen LogP) is 3.45. The zero-order valence-corrected chi connectivity index (χ0v) is 9.57. The van der Waals surface area contributed by atoms with Gasteiger partial charge in [-0.25, -0.2) is 4.39 Å². The van der Waals surface area contributed by atoms with E-state index in [0.717, 1.165) is 11.1 Å². The van der Waals surface area contributed by atoms with Crippen LogP contribution in [0.15, 0.2) is 42.5 Å². The van der Waals surface area contributed by atoms with Gasteiger partial charge in [0.25, 0.3) is 0 Å². The molecule has 88 valence electrons. The lowest BCUT2D eigenvalue weighted by atomic mass is 10.2. The van der Waals surface area contributed by atoms with E-state index < -0.39 is 0 Å². The highest BCUT2D eigenvalue weighted by molar-refractivity contribution is 5.46. The van der Waals surface area contributed by atoms with Gasteiger partial charge >= 0.3 is 0 Å². The third-order valence-electron chi connectivity index (χ3n) is 2.54. The molecule has 0 spiro atoms. The van der Waals surface area contributed by atoms with E-state index >= 15 is 0 Å². The normalized spacial score (nSPS) is 10.2. The Hall–Kier alpha value is -2.03. The van der Waals surface area contributed by atoms with Gasteiger partial charge in [0.1, 0.15) is 11.6 Å². The maximum atomic E-state index is 13.5. The van der Waals surface area contributed by atoms with Crippen LogP contribution >= 0.6 is 0 Å². The van der Waals surface area contributed by atoms with Crippen molar-refractivity contribution in [3.05, 3.63) is 59.4 Å². The second-order valence-corrected chi connectivity index (χ2v) is 4.00. The largest absolute Gasteiger partial charge is 0.508 e. The lowest BCUT2D eigenvalue weighted by Gasteiger charge is -2.08. The van der Waals surface area contributed by atoms with Crippen LogP contribution in [0.5, 0.6) is 5.75 Å². The minimum atomic E-state index is -0.247. The van der Waals surface area contributed by atoms with Crippen molar-refractivity contribution >= 4 is 5.69 Å². The smallest absolute Gasteiger partial charge is 0.146 e. The van der Waals surface area contributed by atoms with Crippen molar-refractivity contribution in [1.29, 1.82) is 0 Å². The molecule has 2 N–H and O–H groups in total. The summed E-state index contributed by atoms with van der Waals surface area (Å²) in [5, 5.41) is 12.2. The Kier molecular flexibility index (Phi) is 3.28. The van der Waals surface area contributed by atoms with Gasteiger partial charge in [-0.05, 0) is 42.3 Å². The monoisotopic (exact) mass is 231 g/mol. The van der Waals surface area contributed by atoms with Crippen LogP contribution in [0, 0.1) is 12.7 Å². The summed E-state index contributed by atoms with van der Waals surface area (Å²) >= 11 is 0. The molecule has 0 amide bonds. The molecule has 0 aliphatic rings. The number of phenolic OH excluding ortho intramolecular Hbond substituents is 1. The molecule has 17 heavy (non-hydrogen) atoms. The van der Waals surface area contributed by atoms with Gasteiger partial charge in [-0.15, -0.1) is 0 Å². The molecule has 0 fully saturated rings. The number of nitrogens with one attached hydrogen (secondary N) is 1. The number of halogens is 1. The number of phenols is 1. The standard InChI is InChI=1S/C14H14FNO/c1-10-2-7-14(13(15)8-10)16-9-11-3-5-12(17)6-4-11/h2-8,16-17H,9H2,1H3. The van der Waals surface area contributed by atoms with Crippen molar-refractivity contribution in [2.24, 2.45) is 0 Å². The van der Waals surface area contributed by atoms with Crippen LogP contribution in [0.2, 0.25) is 0 Å². The van der Waals surface area contributed by atoms with Crippen molar-refractivity contribution in [2.75, 3.05) is 5.32 Å². The molecule has 0 atom stereocenters. The van der Waals surface area contributed by atoms with Crippen LogP contribution in [0.1, 0.15) is 11.1 Å². The summed E-state index contributed by atoms with van der Waals surface area (Å²) in [4.78, 5) is 0. The molecule has 2 nitrogen and oxygen atoms in total. The highest BCUT2D eigenvalue weighted by atomic mass is 19.1. The summed E-state index contributed by atoms with van der Waals surface area (Å²) in [7, 11) is 0. The first kappa shape index (κ1) is 11.5. The number of benzene rings is 2. The minimum Gasteiger partial charge on any atom is -0.508 e. The molecule has 0 aromatic heterocycles. The Morgan fingerprint density at radius 1 is 1.12 bits per heavy atom. The average Bonchev–Trinajstić information content (AvgIpc) is 2.30. The van der Waals surface area contributed by atoms with Crippen molar-refractivity contribution in [3.63, 3.8) is 0 Å². The van der Waals surface area contributed by atoms with Crippen LogP contribution in [0.25, 0.3) is 0 Å². The van der Waals surface area contributed by atoms with E-state index in [0.29, 0.717) is 12.2 Å². The second kappa shape index (κ2) is 4.87. The lowest BCUT2D eigenvalue weighted by molar-refractivity contribution is 0.475. The molecule has 2 aromatic carbocycles. The van der Waals surface area contributed by atoms with E-state index in [2.05, 4.69) is 5.32 Å². The summed E-state index contributed by atoms with van der Waals surface area (Å²) in [5.74, 6) is -0.0148. The molecule has 0 radical (unpaired) electrons. The lowest BCUT2D eigenvalue weighted by Crippen LogP contribution is -2.01. The molecular formula is C14H14FNO. The maximum Gasteiger partial charge on any atom is 0.146 e. The van der Waals surface area contributed by atoms with E-state index in [-0.39, 0.29) is 11.6 Å². The Morgan fingerprint density at radius 3 is 2.47 bits per heavy atom. The van der Waals surface area contributed by atoms with Crippen molar-refractivity contribution in [1.82, 2.24) is 0 Å². The molecule has 0 aliphatic heterocycles. The molecule has 0 bridgehead atoms. The molecule has 0 unspecified atom stereocenters. The van der Waals surface area contributed by atoms with Crippen LogP contribution < -0.4 is 5.32 Å². The number of aromatic hydroxyl groups is 1. The maximum absolute atomic E-state index is 13.5. The molecule has 3 heteroatoms. The fourth-order valence-electron chi connectivity index (χ4n) is 1.57. The second-order valence-electron chi connectivity index (χ2n) is 4.00. The van der Waals surface area contributed by atoms with Crippen molar-refractivity contribution in [3.8, 4) is 5.75 Å². The zero-order valence-electron chi connectivity index (χ0n) is 9.57. The van der Waals surface area contributed by atoms with Gasteiger partial charge in [0.05, 0.1) is 5.69 Å². The summed E-state index contributed by atoms with van der Waals surface area (Å²) < 4.78 is 13.5. The van der Waals surface area contributed by atoms with Crippen molar-refractivity contribution in [2.45, 2.75) is 13.5 Å². The topological polar surface area (TPSA) is 32.3 Å². The van der Waals surface area contributed by atoms with E-state index in [1.54, 1.807) is 30.3 Å². The first-order chi connectivity index (χ1) is 8.15. The Labute approximate surface area is 99.7 Å². The number of hydrogen-bond acceptors (Lipinski definition) is 2. The minimum absolute atomic E-state index is 0.232.